The minimum atomic E-state index is -0.448. The third-order valence-electron chi connectivity index (χ3n) is 5.01. The van der Waals surface area contributed by atoms with Crippen LogP contribution in [0.1, 0.15) is 49.5 Å². The van der Waals surface area contributed by atoms with Crippen molar-refractivity contribution in [3.63, 3.8) is 0 Å². The lowest BCUT2D eigenvalue weighted by molar-refractivity contribution is 0.0636. The van der Waals surface area contributed by atoms with Crippen molar-refractivity contribution in [1.29, 1.82) is 0 Å². The summed E-state index contributed by atoms with van der Waals surface area (Å²) in [6, 6.07) is 6.81. The van der Waals surface area contributed by atoms with Crippen LogP contribution in [-0.2, 0) is 0 Å². The summed E-state index contributed by atoms with van der Waals surface area (Å²) in [7, 11) is 1.41. The number of hydrogen-bond acceptors (Lipinski definition) is 4. The average molecular weight is 373 g/mol. The van der Waals surface area contributed by atoms with E-state index in [0.29, 0.717) is 12.2 Å². The topological polar surface area (TPSA) is 64.4 Å². The van der Waals surface area contributed by atoms with Gasteiger partial charge in [-0.1, -0.05) is 19.3 Å². The summed E-state index contributed by atoms with van der Waals surface area (Å²) in [6.07, 6.45) is 5.35. The summed E-state index contributed by atoms with van der Waals surface area (Å²) >= 11 is 0. The Balaban J connectivity index is 2.02. The maximum Gasteiger partial charge on any atom is 0.278 e. The third-order valence-corrected chi connectivity index (χ3v) is 5.01. The molecule has 1 aromatic heterocycles. The number of methoxy groups -OCH3 is 1. The molecule has 1 aromatic carbocycles. The maximum absolute atomic E-state index is 13.2. The molecule has 0 bridgehead atoms. The van der Waals surface area contributed by atoms with Gasteiger partial charge in [-0.2, -0.15) is 9.78 Å². The Bertz CT molecular complexity index is 858. The van der Waals surface area contributed by atoms with Gasteiger partial charge in [0.1, 0.15) is 5.82 Å². The molecule has 1 aliphatic carbocycles. The van der Waals surface area contributed by atoms with Gasteiger partial charge in [-0.15, -0.1) is 0 Å². The van der Waals surface area contributed by atoms with Crippen LogP contribution >= 0.6 is 0 Å². The summed E-state index contributed by atoms with van der Waals surface area (Å²) in [5.41, 5.74) is 0.0309. The van der Waals surface area contributed by atoms with E-state index in [9.17, 15) is 14.0 Å². The molecule has 0 aliphatic heterocycles. The van der Waals surface area contributed by atoms with E-state index in [1.165, 1.54) is 43.9 Å². The zero-order valence-corrected chi connectivity index (χ0v) is 15.7. The van der Waals surface area contributed by atoms with Gasteiger partial charge < -0.3 is 9.64 Å². The Kier molecular flexibility index (Phi) is 5.88. The van der Waals surface area contributed by atoms with E-state index in [2.05, 4.69) is 5.10 Å². The van der Waals surface area contributed by atoms with Gasteiger partial charge in [0.25, 0.3) is 11.5 Å². The summed E-state index contributed by atoms with van der Waals surface area (Å²) in [6.45, 7) is 2.50. The normalized spacial score (nSPS) is 14.8. The van der Waals surface area contributed by atoms with Crippen molar-refractivity contribution in [3.05, 3.63) is 52.2 Å². The first kappa shape index (κ1) is 19.1. The molecule has 0 unspecified atom stereocenters. The molecule has 0 atom stereocenters. The fourth-order valence-electron chi connectivity index (χ4n) is 3.61. The number of aromatic nitrogens is 2. The summed E-state index contributed by atoms with van der Waals surface area (Å²) in [5, 5.41) is 4.27. The molecule has 0 radical (unpaired) electrons. The minimum absolute atomic E-state index is 0.0915. The lowest BCUT2D eigenvalue weighted by Crippen LogP contribution is -2.42. The van der Waals surface area contributed by atoms with Crippen LogP contribution in [0.2, 0.25) is 0 Å². The van der Waals surface area contributed by atoms with Crippen LogP contribution in [0.3, 0.4) is 0 Å². The number of benzene rings is 1. The largest absolute Gasteiger partial charge is 0.494 e. The van der Waals surface area contributed by atoms with Gasteiger partial charge in [0, 0.05) is 12.6 Å². The molecule has 3 rings (SSSR count). The second-order valence-electron chi connectivity index (χ2n) is 6.67. The average Bonchev–Trinajstić information content (AvgIpc) is 2.70. The first-order chi connectivity index (χ1) is 13.0. The first-order valence-corrected chi connectivity index (χ1v) is 9.30. The van der Waals surface area contributed by atoms with Crippen LogP contribution < -0.4 is 10.3 Å². The van der Waals surface area contributed by atoms with Gasteiger partial charge in [-0.25, -0.2) is 4.39 Å². The number of hydrogen-bond donors (Lipinski definition) is 0. The van der Waals surface area contributed by atoms with Crippen LogP contribution in [-0.4, -0.2) is 40.3 Å². The molecule has 0 N–H and O–H groups in total. The second kappa shape index (κ2) is 8.33. The maximum atomic E-state index is 13.2. The summed E-state index contributed by atoms with van der Waals surface area (Å²) < 4.78 is 19.6. The van der Waals surface area contributed by atoms with Crippen molar-refractivity contribution in [3.8, 4) is 11.4 Å². The molecule has 0 spiro atoms. The van der Waals surface area contributed by atoms with E-state index in [1.54, 1.807) is 0 Å². The highest BCUT2D eigenvalue weighted by Gasteiger charge is 2.29. The Morgan fingerprint density at radius 2 is 1.93 bits per heavy atom. The number of ether oxygens (including phenoxy) is 1. The fraction of sp³-hybridized carbons (Fsp3) is 0.450. The fourth-order valence-corrected chi connectivity index (χ4v) is 3.61. The summed E-state index contributed by atoms with van der Waals surface area (Å²) in [4.78, 5) is 27.4. The number of amides is 1. The van der Waals surface area contributed by atoms with E-state index in [1.807, 2.05) is 11.8 Å². The number of carbonyl (C=O) groups is 1. The highest BCUT2D eigenvalue weighted by atomic mass is 19.1. The lowest BCUT2D eigenvalue weighted by atomic mass is 9.94. The van der Waals surface area contributed by atoms with Crippen molar-refractivity contribution < 1.29 is 13.9 Å². The molecule has 144 valence electrons. The van der Waals surface area contributed by atoms with Crippen molar-refractivity contribution in [1.82, 2.24) is 14.7 Å². The van der Waals surface area contributed by atoms with E-state index >= 15 is 0 Å². The van der Waals surface area contributed by atoms with Gasteiger partial charge in [0.05, 0.1) is 18.9 Å². The second-order valence-corrected chi connectivity index (χ2v) is 6.67. The first-order valence-electron chi connectivity index (χ1n) is 9.30. The standard InChI is InChI=1S/C20H24FN3O3/c1-3-23(15-7-5-4-6-8-15)20(26)19-17(27-2)13-18(25)24(22-19)16-11-9-14(21)10-12-16/h9-13,15H,3-8H2,1-2H3. The Morgan fingerprint density at radius 3 is 2.52 bits per heavy atom. The smallest absolute Gasteiger partial charge is 0.278 e. The molecular weight excluding hydrogens is 349 g/mol. The Hall–Kier alpha value is -2.70. The van der Waals surface area contributed by atoms with Crippen LogP contribution in [0.4, 0.5) is 4.39 Å². The van der Waals surface area contributed by atoms with Crippen molar-refractivity contribution in [2.24, 2.45) is 0 Å². The number of carbonyl (C=O) groups excluding carboxylic acids is 1. The SMILES string of the molecule is CCN(C(=O)c1nn(-c2ccc(F)cc2)c(=O)cc1OC)C1CCCCC1. The molecule has 1 amide bonds. The molecule has 0 saturated heterocycles. The van der Waals surface area contributed by atoms with E-state index in [0.717, 1.165) is 30.4 Å². The predicted molar refractivity (Wildman–Crippen MR) is 99.9 cm³/mol. The third kappa shape index (κ3) is 4.02. The van der Waals surface area contributed by atoms with Crippen LogP contribution in [0.25, 0.3) is 5.69 Å². The molecule has 6 nitrogen and oxygen atoms in total. The van der Waals surface area contributed by atoms with E-state index < -0.39 is 11.4 Å². The number of rotatable bonds is 5. The van der Waals surface area contributed by atoms with Crippen molar-refractivity contribution >= 4 is 5.91 Å². The van der Waals surface area contributed by atoms with E-state index in [4.69, 9.17) is 4.74 Å². The molecule has 2 aromatic rings. The molecule has 1 saturated carbocycles. The van der Waals surface area contributed by atoms with Gasteiger partial charge in [0.15, 0.2) is 11.4 Å². The van der Waals surface area contributed by atoms with Crippen LogP contribution in [0, 0.1) is 5.82 Å². The minimum Gasteiger partial charge on any atom is -0.494 e. The number of halogens is 1. The van der Waals surface area contributed by atoms with Crippen LogP contribution in [0.5, 0.6) is 5.75 Å². The van der Waals surface area contributed by atoms with Crippen molar-refractivity contribution in [2.45, 2.75) is 45.1 Å². The summed E-state index contributed by atoms with van der Waals surface area (Å²) in [5.74, 6) is -0.513. The van der Waals surface area contributed by atoms with Crippen LogP contribution in [0.15, 0.2) is 35.1 Å². The highest BCUT2D eigenvalue weighted by molar-refractivity contribution is 5.95. The quantitative estimate of drug-likeness (QED) is 0.808. The van der Waals surface area contributed by atoms with Gasteiger partial charge in [-0.05, 0) is 44.0 Å². The van der Waals surface area contributed by atoms with Gasteiger partial charge in [0.2, 0.25) is 0 Å². The van der Waals surface area contributed by atoms with Gasteiger partial charge >= 0.3 is 0 Å². The molecule has 1 heterocycles. The van der Waals surface area contributed by atoms with E-state index in [-0.39, 0.29) is 23.4 Å². The van der Waals surface area contributed by atoms with Crippen molar-refractivity contribution in [2.75, 3.05) is 13.7 Å². The molecule has 27 heavy (non-hydrogen) atoms. The zero-order valence-electron chi connectivity index (χ0n) is 15.7. The zero-order chi connectivity index (χ0) is 19.4. The monoisotopic (exact) mass is 373 g/mol. The molecule has 1 fully saturated rings. The number of nitrogens with zero attached hydrogens (tertiary/aromatic N) is 3. The Morgan fingerprint density at radius 1 is 1.26 bits per heavy atom. The highest BCUT2D eigenvalue weighted by Crippen LogP contribution is 2.25. The molecule has 1 aliphatic rings. The lowest BCUT2D eigenvalue weighted by Gasteiger charge is -2.33. The molecule has 7 heteroatoms. The van der Waals surface area contributed by atoms with Gasteiger partial charge in [-0.3, -0.25) is 9.59 Å². The Labute approximate surface area is 157 Å². The predicted octanol–water partition coefficient (Wildman–Crippen LogP) is 3.18. The molecular formula is C20H24FN3O3.